The Balaban J connectivity index is 2.58. The monoisotopic (exact) mass is 300 g/mol. The van der Waals surface area contributed by atoms with Gasteiger partial charge in [0.2, 0.25) is 0 Å². The molecule has 3 N–H and O–H groups in total. The van der Waals surface area contributed by atoms with Crippen molar-refractivity contribution in [3.05, 3.63) is 30.3 Å². The van der Waals surface area contributed by atoms with Crippen LogP contribution in [0, 0.1) is 0 Å². The Bertz CT molecular complexity index is 467. The maximum absolute atomic E-state index is 12.5. The molecule has 0 aliphatic rings. The molecule has 0 fully saturated rings. The van der Waals surface area contributed by atoms with Crippen molar-refractivity contribution >= 4 is 13.4 Å². The first kappa shape index (κ1) is 16.9. The van der Waals surface area contributed by atoms with Crippen molar-refractivity contribution in [2.24, 2.45) is 5.73 Å². The molecule has 0 amide bonds. The second-order valence-electron chi connectivity index (χ2n) is 4.34. The Morgan fingerprint density at radius 3 is 2.60 bits per heavy atom. The first-order chi connectivity index (χ1) is 9.47. The third-order valence-electron chi connectivity index (χ3n) is 2.65. The van der Waals surface area contributed by atoms with Gasteiger partial charge in [0, 0.05) is 6.54 Å². The van der Waals surface area contributed by atoms with Crippen LogP contribution < -0.4 is 15.6 Å². The molecule has 6 nitrogen and oxygen atoms in total. The number of ketones is 1. The third-order valence-corrected chi connectivity index (χ3v) is 4.47. The van der Waals surface area contributed by atoms with Crippen LogP contribution in [0.3, 0.4) is 0 Å². The first-order valence-electron chi connectivity index (χ1n) is 6.39. The topological polar surface area (TPSA) is 90.7 Å². The number of nitrogens with one attached hydrogen (secondary N) is 1. The van der Waals surface area contributed by atoms with Crippen LogP contribution in [0.4, 0.5) is 0 Å². The number of hydrogen-bond acceptors (Lipinski definition) is 6. The summed E-state index contributed by atoms with van der Waals surface area (Å²) in [5.74, 6) is 0.440. The van der Waals surface area contributed by atoms with Crippen LogP contribution in [-0.2, 0) is 13.9 Å². The van der Waals surface area contributed by atoms with Gasteiger partial charge in [-0.3, -0.25) is 14.6 Å². The second-order valence-corrected chi connectivity index (χ2v) is 6.45. The van der Waals surface area contributed by atoms with Gasteiger partial charge < -0.3 is 10.3 Å². The summed E-state index contributed by atoms with van der Waals surface area (Å²) in [7, 11) is -3.33. The normalized spacial score (nSPS) is 15.3. The van der Waals surface area contributed by atoms with Crippen molar-refractivity contribution in [3.63, 3.8) is 0 Å². The Hall–Kier alpha value is -1.20. The number of para-hydroxylation sites is 1. The van der Waals surface area contributed by atoms with E-state index in [0.29, 0.717) is 5.75 Å². The molecule has 1 aromatic rings. The molecule has 0 aliphatic carbocycles. The SMILES string of the molecule is CC(=O)[C@H](C)NCOP(=O)(CCN)Oc1ccccc1. The van der Waals surface area contributed by atoms with E-state index in [1.807, 2.05) is 6.07 Å². The van der Waals surface area contributed by atoms with E-state index in [0.717, 1.165) is 0 Å². The summed E-state index contributed by atoms with van der Waals surface area (Å²) in [6, 6.07) is 8.41. The maximum Gasteiger partial charge on any atom is 0.381 e. The van der Waals surface area contributed by atoms with Crippen molar-refractivity contribution in [2.45, 2.75) is 19.9 Å². The molecule has 0 saturated carbocycles. The van der Waals surface area contributed by atoms with Crippen molar-refractivity contribution in [1.29, 1.82) is 0 Å². The third kappa shape index (κ3) is 5.84. The minimum Gasteiger partial charge on any atom is -0.424 e. The highest BCUT2D eigenvalue weighted by Gasteiger charge is 2.25. The molecule has 20 heavy (non-hydrogen) atoms. The van der Waals surface area contributed by atoms with E-state index in [1.54, 1.807) is 31.2 Å². The summed E-state index contributed by atoms with van der Waals surface area (Å²) < 4.78 is 23.2. The largest absolute Gasteiger partial charge is 0.424 e. The van der Waals surface area contributed by atoms with Gasteiger partial charge in [0.1, 0.15) is 18.3 Å². The summed E-state index contributed by atoms with van der Waals surface area (Å²) in [6.07, 6.45) is 0.109. The predicted molar refractivity (Wildman–Crippen MR) is 77.8 cm³/mol. The average molecular weight is 300 g/mol. The molecule has 0 aromatic heterocycles. The lowest BCUT2D eigenvalue weighted by molar-refractivity contribution is -0.118. The van der Waals surface area contributed by atoms with Crippen molar-refractivity contribution in [2.75, 3.05) is 19.4 Å². The summed E-state index contributed by atoms with van der Waals surface area (Å²) in [4.78, 5) is 11.1. The molecule has 1 aromatic carbocycles. The number of carbonyl (C=O) groups is 1. The molecule has 7 heteroatoms. The zero-order valence-electron chi connectivity index (χ0n) is 11.7. The zero-order valence-corrected chi connectivity index (χ0v) is 12.6. The van der Waals surface area contributed by atoms with Gasteiger partial charge >= 0.3 is 7.60 Å². The Morgan fingerprint density at radius 2 is 2.05 bits per heavy atom. The summed E-state index contributed by atoms with van der Waals surface area (Å²) in [6.45, 7) is 3.33. The highest BCUT2D eigenvalue weighted by molar-refractivity contribution is 7.54. The average Bonchev–Trinajstić information content (AvgIpc) is 2.39. The van der Waals surface area contributed by atoms with Crippen LogP contribution in [0.2, 0.25) is 0 Å². The molecule has 0 radical (unpaired) electrons. The van der Waals surface area contributed by atoms with Gasteiger partial charge in [-0.05, 0) is 26.0 Å². The fraction of sp³-hybridized carbons (Fsp3) is 0.462. The fourth-order valence-electron chi connectivity index (χ4n) is 1.34. The quantitative estimate of drug-likeness (QED) is 0.533. The highest BCUT2D eigenvalue weighted by Crippen LogP contribution is 2.47. The van der Waals surface area contributed by atoms with Gasteiger partial charge in [0.25, 0.3) is 0 Å². The molecule has 2 atom stereocenters. The Labute approximate surface area is 119 Å². The van der Waals surface area contributed by atoms with Crippen LogP contribution in [0.1, 0.15) is 13.8 Å². The lowest BCUT2D eigenvalue weighted by atomic mass is 10.2. The van der Waals surface area contributed by atoms with E-state index < -0.39 is 7.60 Å². The Morgan fingerprint density at radius 1 is 1.40 bits per heavy atom. The van der Waals surface area contributed by atoms with E-state index in [2.05, 4.69) is 5.32 Å². The molecule has 112 valence electrons. The minimum absolute atomic E-state index is 0.0220. The van der Waals surface area contributed by atoms with Gasteiger partial charge in [-0.25, -0.2) is 4.57 Å². The van der Waals surface area contributed by atoms with Gasteiger partial charge in [-0.2, -0.15) is 0 Å². The van der Waals surface area contributed by atoms with Gasteiger partial charge in [-0.1, -0.05) is 18.2 Å². The molecular weight excluding hydrogens is 279 g/mol. The smallest absolute Gasteiger partial charge is 0.381 e. The lowest BCUT2D eigenvalue weighted by Crippen LogP contribution is -2.34. The summed E-state index contributed by atoms with van der Waals surface area (Å²) in [5.41, 5.74) is 5.44. The molecule has 0 spiro atoms. The number of rotatable bonds is 9. The van der Waals surface area contributed by atoms with Crippen LogP contribution >= 0.6 is 7.60 Å². The molecular formula is C13H21N2O4P. The number of hydrogen-bond donors (Lipinski definition) is 2. The molecule has 0 aliphatic heterocycles. The maximum atomic E-state index is 12.5. The molecule has 1 rings (SSSR count). The van der Waals surface area contributed by atoms with E-state index >= 15 is 0 Å². The number of benzene rings is 1. The van der Waals surface area contributed by atoms with Crippen LogP contribution in [0.5, 0.6) is 5.75 Å². The fourth-order valence-corrected chi connectivity index (χ4v) is 2.64. The number of Topliss-reactive ketones (excluding diaryl/α,β-unsaturated/α-hetero) is 1. The minimum atomic E-state index is -3.33. The number of nitrogens with two attached hydrogens (primary N) is 1. The zero-order chi connectivity index (χ0) is 15.0. The van der Waals surface area contributed by atoms with Crippen molar-refractivity contribution in [1.82, 2.24) is 5.32 Å². The first-order valence-corrected chi connectivity index (χ1v) is 8.12. The predicted octanol–water partition coefficient (Wildman–Crippen LogP) is 1.76. The summed E-state index contributed by atoms with van der Waals surface area (Å²) >= 11 is 0. The molecule has 0 saturated heterocycles. The van der Waals surface area contributed by atoms with Crippen molar-refractivity contribution < 1.29 is 18.4 Å². The Kier molecular flexibility index (Phi) is 6.88. The van der Waals surface area contributed by atoms with Gasteiger partial charge in [0.05, 0.1) is 12.2 Å². The van der Waals surface area contributed by atoms with Crippen LogP contribution in [0.25, 0.3) is 0 Å². The van der Waals surface area contributed by atoms with E-state index in [1.165, 1.54) is 6.92 Å². The van der Waals surface area contributed by atoms with E-state index in [-0.39, 0.29) is 31.3 Å². The van der Waals surface area contributed by atoms with Crippen LogP contribution in [0.15, 0.2) is 30.3 Å². The standard InChI is InChI=1S/C13H21N2O4P/c1-11(12(2)16)15-10-18-20(17,9-8-14)19-13-6-4-3-5-7-13/h3-7,11,15H,8-10,14H2,1-2H3/t11-,20?/m0/s1. The lowest BCUT2D eigenvalue weighted by Gasteiger charge is -2.20. The summed E-state index contributed by atoms with van der Waals surface area (Å²) in [5, 5.41) is 2.82. The van der Waals surface area contributed by atoms with E-state index in [4.69, 9.17) is 14.8 Å². The molecule has 0 heterocycles. The second kappa shape index (κ2) is 8.17. The number of carbonyl (C=O) groups excluding carboxylic acids is 1. The van der Waals surface area contributed by atoms with E-state index in [9.17, 15) is 9.36 Å². The van der Waals surface area contributed by atoms with Gasteiger partial charge in [0.15, 0.2) is 0 Å². The van der Waals surface area contributed by atoms with Crippen LogP contribution in [-0.4, -0.2) is 31.3 Å². The molecule has 1 unspecified atom stereocenters. The van der Waals surface area contributed by atoms with Crippen molar-refractivity contribution in [3.8, 4) is 5.75 Å². The highest BCUT2D eigenvalue weighted by atomic mass is 31.2. The molecule has 0 bridgehead atoms. The van der Waals surface area contributed by atoms with Gasteiger partial charge in [-0.15, -0.1) is 0 Å².